The molecule has 1 aromatic heterocycles. The highest BCUT2D eigenvalue weighted by molar-refractivity contribution is 7.49. The molecule has 30 heavy (non-hydrogen) atoms. The number of methoxy groups -OCH3 is 1. The van der Waals surface area contributed by atoms with Crippen LogP contribution >= 0.6 is 30.8 Å². The first-order valence-corrected chi connectivity index (χ1v) is 12.3. The second kappa shape index (κ2) is 10.3. The maximum atomic E-state index is 12.7. The number of carbonyl (C=O) groups excluding carboxylic acids is 1. The molecule has 0 fully saturated rings. The van der Waals surface area contributed by atoms with E-state index in [0.717, 1.165) is 16.9 Å². The zero-order chi connectivity index (χ0) is 21.7. The number of phosphoric acid groups is 1. The third-order valence-electron chi connectivity index (χ3n) is 4.64. The predicted molar refractivity (Wildman–Crippen MR) is 116 cm³/mol. The molecule has 0 saturated carbocycles. The second-order valence-electron chi connectivity index (χ2n) is 6.56. The van der Waals surface area contributed by atoms with Crippen molar-refractivity contribution in [1.29, 1.82) is 0 Å². The van der Waals surface area contributed by atoms with Gasteiger partial charge in [-0.1, -0.05) is 29.8 Å². The Balaban J connectivity index is 1.83. The third-order valence-corrected chi connectivity index (χ3v) is 7.79. The van der Waals surface area contributed by atoms with Crippen molar-refractivity contribution < 1.29 is 27.7 Å². The van der Waals surface area contributed by atoms with Gasteiger partial charge in [-0.15, -0.1) is 11.3 Å². The smallest absolute Gasteiger partial charge is 0.468 e. The summed E-state index contributed by atoms with van der Waals surface area (Å²) in [5.74, 6) is -0.365. The van der Waals surface area contributed by atoms with E-state index in [1.807, 2.05) is 29.2 Å². The fourth-order valence-corrected chi connectivity index (χ4v) is 6.03. The van der Waals surface area contributed by atoms with Gasteiger partial charge in [0.2, 0.25) is 0 Å². The summed E-state index contributed by atoms with van der Waals surface area (Å²) in [6, 6.07) is 8.49. The molecule has 0 bridgehead atoms. The Bertz CT molecular complexity index is 926. The predicted octanol–water partition coefficient (Wildman–Crippen LogP) is 5.23. The van der Waals surface area contributed by atoms with Crippen molar-refractivity contribution in [2.75, 3.05) is 26.9 Å². The number of esters is 1. The molecule has 3 rings (SSSR count). The molecule has 1 aliphatic heterocycles. The molecule has 7 nitrogen and oxygen atoms in total. The summed E-state index contributed by atoms with van der Waals surface area (Å²) in [6.07, 6.45) is 0.717. The van der Waals surface area contributed by atoms with Crippen molar-refractivity contribution in [1.82, 2.24) is 4.90 Å². The molecule has 0 saturated heterocycles. The number of rotatable bonds is 9. The van der Waals surface area contributed by atoms with Crippen LogP contribution in [0.4, 0.5) is 0 Å². The Kier molecular flexibility index (Phi) is 7.96. The van der Waals surface area contributed by atoms with Gasteiger partial charge in [-0.25, -0.2) is 9.36 Å². The van der Waals surface area contributed by atoms with E-state index in [2.05, 4.69) is 0 Å². The van der Waals surface area contributed by atoms with Crippen LogP contribution in [-0.4, -0.2) is 37.7 Å². The molecule has 1 unspecified atom stereocenters. The summed E-state index contributed by atoms with van der Waals surface area (Å²) in [6.45, 7) is 5.05. The van der Waals surface area contributed by atoms with Crippen LogP contribution in [0.1, 0.15) is 35.9 Å². The van der Waals surface area contributed by atoms with Gasteiger partial charge in [0.1, 0.15) is 6.04 Å². The molecule has 1 atom stereocenters. The molecule has 0 amide bonds. The van der Waals surface area contributed by atoms with Gasteiger partial charge < -0.3 is 9.26 Å². The van der Waals surface area contributed by atoms with Gasteiger partial charge in [-0.3, -0.25) is 13.9 Å². The van der Waals surface area contributed by atoms with Crippen molar-refractivity contribution >= 4 is 36.7 Å². The van der Waals surface area contributed by atoms with Gasteiger partial charge in [-0.2, -0.15) is 0 Å². The largest absolute Gasteiger partial charge is 0.530 e. The molecule has 0 N–H and O–H groups in total. The zero-order valence-corrected chi connectivity index (χ0v) is 19.6. The molecule has 1 aliphatic rings. The summed E-state index contributed by atoms with van der Waals surface area (Å²) in [7, 11) is -2.28. The third kappa shape index (κ3) is 5.25. The van der Waals surface area contributed by atoms with Gasteiger partial charge in [-0.05, 0) is 43.5 Å². The van der Waals surface area contributed by atoms with Gasteiger partial charge in [0.15, 0.2) is 5.06 Å². The Morgan fingerprint density at radius 3 is 2.60 bits per heavy atom. The molecule has 2 aromatic rings. The normalized spacial score (nSPS) is 15.5. The molecule has 1 aromatic carbocycles. The number of benzene rings is 1. The summed E-state index contributed by atoms with van der Waals surface area (Å²) < 4.78 is 33.8. The van der Waals surface area contributed by atoms with Crippen LogP contribution in [0.2, 0.25) is 5.02 Å². The number of carbonyl (C=O) groups is 1. The molecular formula is C20H25ClNO6PS. The van der Waals surface area contributed by atoms with Crippen molar-refractivity contribution in [3.8, 4) is 5.06 Å². The topological polar surface area (TPSA) is 74.3 Å². The fraction of sp³-hybridized carbons (Fsp3) is 0.450. The first kappa shape index (κ1) is 23.3. The first-order valence-electron chi connectivity index (χ1n) is 9.67. The lowest BCUT2D eigenvalue weighted by molar-refractivity contribution is -0.147. The van der Waals surface area contributed by atoms with Crippen LogP contribution in [-0.2, 0) is 36.1 Å². The lowest BCUT2D eigenvalue weighted by atomic mass is 10.0. The number of hydrogen-bond donors (Lipinski definition) is 0. The maximum Gasteiger partial charge on any atom is 0.530 e. The van der Waals surface area contributed by atoms with Crippen LogP contribution in [0.3, 0.4) is 0 Å². The average Bonchev–Trinajstić information content (AvgIpc) is 3.10. The van der Waals surface area contributed by atoms with Crippen molar-refractivity contribution in [3.63, 3.8) is 0 Å². The van der Waals surface area contributed by atoms with Gasteiger partial charge >= 0.3 is 13.8 Å². The van der Waals surface area contributed by atoms with E-state index in [4.69, 9.17) is 29.9 Å². The van der Waals surface area contributed by atoms with Crippen LogP contribution in [0, 0.1) is 0 Å². The van der Waals surface area contributed by atoms with Crippen molar-refractivity contribution in [3.05, 3.63) is 51.4 Å². The molecule has 2 heterocycles. The number of ether oxygens (including phenoxy) is 1. The minimum absolute atomic E-state index is 0.217. The Morgan fingerprint density at radius 2 is 1.97 bits per heavy atom. The van der Waals surface area contributed by atoms with Gasteiger partial charge in [0.25, 0.3) is 0 Å². The fourth-order valence-electron chi connectivity index (χ4n) is 3.39. The van der Waals surface area contributed by atoms with E-state index >= 15 is 0 Å². The van der Waals surface area contributed by atoms with Crippen LogP contribution in [0.5, 0.6) is 5.06 Å². The number of nitrogens with zero attached hydrogens (tertiary/aromatic N) is 1. The molecule has 164 valence electrons. The Morgan fingerprint density at radius 1 is 1.27 bits per heavy atom. The molecule has 0 radical (unpaired) electrons. The quantitative estimate of drug-likeness (QED) is 0.364. The number of fused-ring (bicyclic) bond motifs is 1. The first-order chi connectivity index (χ1) is 14.4. The summed E-state index contributed by atoms with van der Waals surface area (Å²) in [5, 5.41) is 0.988. The molecule has 0 spiro atoms. The van der Waals surface area contributed by atoms with Crippen LogP contribution in [0.25, 0.3) is 0 Å². The average molecular weight is 474 g/mol. The number of halogens is 1. The lowest BCUT2D eigenvalue weighted by Gasteiger charge is -2.33. The highest BCUT2D eigenvalue weighted by Gasteiger charge is 2.34. The van der Waals surface area contributed by atoms with E-state index in [0.29, 0.717) is 28.7 Å². The second-order valence-corrected chi connectivity index (χ2v) is 9.66. The standard InChI is InChI=1S/C20H25ClNO6PS/c1-4-26-29(24,27-5-2)28-18-12-14-13-22(11-10-17(14)30-18)19(20(23)25-3)15-8-6-7-9-16(15)21/h6-9,12,19H,4-5,10-11,13H2,1-3H3. The molecular weight excluding hydrogens is 449 g/mol. The van der Waals surface area contributed by atoms with E-state index in [-0.39, 0.29) is 19.2 Å². The van der Waals surface area contributed by atoms with Crippen molar-refractivity contribution in [2.45, 2.75) is 32.9 Å². The SMILES string of the molecule is CCOP(=O)(OCC)Oc1cc2c(s1)CCN(C(C(=O)OC)c1ccccc1Cl)C2. The number of hydrogen-bond acceptors (Lipinski definition) is 8. The maximum absolute atomic E-state index is 12.7. The minimum atomic E-state index is -3.65. The van der Waals surface area contributed by atoms with E-state index in [1.165, 1.54) is 18.4 Å². The van der Waals surface area contributed by atoms with E-state index in [9.17, 15) is 9.36 Å². The van der Waals surface area contributed by atoms with Crippen molar-refractivity contribution in [2.24, 2.45) is 0 Å². The van der Waals surface area contributed by atoms with E-state index < -0.39 is 13.9 Å². The van der Waals surface area contributed by atoms with Crippen LogP contribution < -0.4 is 4.52 Å². The summed E-state index contributed by atoms with van der Waals surface area (Å²) >= 11 is 7.78. The van der Waals surface area contributed by atoms with Crippen LogP contribution in [0.15, 0.2) is 30.3 Å². The van der Waals surface area contributed by atoms with E-state index in [1.54, 1.807) is 19.9 Å². The zero-order valence-electron chi connectivity index (χ0n) is 17.1. The Labute approximate surface area is 185 Å². The summed E-state index contributed by atoms with van der Waals surface area (Å²) in [5.41, 5.74) is 1.71. The minimum Gasteiger partial charge on any atom is -0.468 e. The highest BCUT2D eigenvalue weighted by Crippen LogP contribution is 2.51. The Hall–Kier alpha value is -1.41. The lowest BCUT2D eigenvalue weighted by Crippen LogP contribution is -2.38. The monoisotopic (exact) mass is 473 g/mol. The summed E-state index contributed by atoms with van der Waals surface area (Å²) in [4.78, 5) is 15.7. The molecule has 10 heteroatoms. The van der Waals surface area contributed by atoms with Gasteiger partial charge in [0, 0.05) is 23.0 Å². The highest BCUT2D eigenvalue weighted by atomic mass is 35.5. The number of thiophene rings is 1. The molecule has 0 aliphatic carbocycles. The number of phosphoric ester groups is 1. The van der Waals surface area contributed by atoms with Gasteiger partial charge in [0.05, 0.1) is 20.3 Å².